The van der Waals surface area contributed by atoms with E-state index in [1.165, 1.54) is 16.5 Å². The van der Waals surface area contributed by atoms with Gasteiger partial charge in [0, 0.05) is 29.6 Å². The van der Waals surface area contributed by atoms with Gasteiger partial charge in [-0.2, -0.15) is 0 Å². The predicted octanol–water partition coefficient (Wildman–Crippen LogP) is 3.41. The van der Waals surface area contributed by atoms with Crippen molar-refractivity contribution in [1.29, 1.82) is 0 Å². The zero-order valence-electron chi connectivity index (χ0n) is 12.0. The van der Waals surface area contributed by atoms with Gasteiger partial charge in [0.2, 0.25) is 5.91 Å². The molecule has 0 unspecified atom stereocenters. The van der Waals surface area contributed by atoms with Crippen molar-refractivity contribution < 1.29 is 4.79 Å². The van der Waals surface area contributed by atoms with Gasteiger partial charge in [0.05, 0.1) is 0 Å². The number of carbonyl (C=O) groups is 1. The van der Waals surface area contributed by atoms with Crippen molar-refractivity contribution in [2.24, 2.45) is 5.92 Å². The molecule has 3 heteroatoms. The highest BCUT2D eigenvalue weighted by atomic mass is 16.1. The lowest BCUT2D eigenvalue weighted by molar-refractivity contribution is -0.122. The Labute approximate surface area is 119 Å². The number of amides is 1. The summed E-state index contributed by atoms with van der Waals surface area (Å²) in [7, 11) is 0. The van der Waals surface area contributed by atoms with E-state index in [0.717, 1.165) is 31.6 Å². The topological polar surface area (TPSA) is 44.9 Å². The second kappa shape index (κ2) is 5.70. The fraction of sp³-hybridized carbons (Fsp3) is 0.471. The molecule has 0 bridgehead atoms. The Kier molecular flexibility index (Phi) is 3.77. The average molecular weight is 270 g/mol. The number of H-pyrrole nitrogens is 1. The normalized spacial score (nSPS) is 21.6. The lowest BCUT2D eigenvalue weighted by Crippen LogP contribution is -2.43. The molecular weight excluding hydrogens is 248 g/mol. The highest BCUT2D eigenvalue weighted by Crippen LogP contribution is 2.26. The Bertz CT molecular complexity index is 596. The Hall–Kier alpha value is -1.77. The van der Waals surface area contributed by atoms with E-state index in [1.807, 2.05) is 6.07 Å². The maximum absolute atomic E-state index is 11.8. The van der Waals surface area contributed by atoms with Gasteiger partial charge >= 0.3 is 0 Å². The van der Waals surface area contributed by atoms with Crippen molar-refractivity contribution in [3.8, 4) is 0 Å². The Morgan fingerprint density at radius 1 is 1.35 bits per heavy atom. The Balaban J connectivity index is 1.46. The molecule has 1 fully saturated rings. The molecule has 1 amide bonds. The number of aromatic nitrogens is 1. The molecule has 1 aliphatic carbocycles. The summed E-state index contributed by atoms with van der Waals surface area (Å²) < 4.78 is 0. The highest BCUT2D eigenvalue weighted by molar-refractivity contribution is 5.83. The van der Waals surface area contributed by atoms with Crippen LogP contribution >= 0.6 is 0 Å². The van der Waals surface area contributed by atoms with Crippen molar-refractivity contribution >= 4 is 16.8 Å². The van der Waals surface area contributed by atoms with Crippen LogP contribution < -0.4 is 5.32 Å². The van der Waals surface area contributed by atoms with Gasteiger partial charge in [-0.25, -0.2) is 0 Å². The largest absolute Gasteiger partial charge is 0.361 e. The summed E-state index contributed by atoms with van der Waals surface area (Å²) in [6.07, 6.45) is 6.86. The molecule has 0 atom stereocenters. The van der Waals surface area contributed by atoms with Crippen LogP contribution in [0.5, 0.6) is 0 Å². The number of nitrogens with one attached hydrogen (secondary N) is 2. The standard InChI is InChI=1S/C17H22N2O/c1-12-9-14(10-12)19-17(20)8-4-5-13-11-18-16-7-3-2-6-15(13)16/h2-3,6-7,11-12,14,18H,4-5,8-10H2,1H3,(H,19,20). The van der Waals surface area contributed by atoms with E-state index in [9.17, 15) is 4.79 Å². The minimum absolute atomic E-state index is 0.210. The van der Waals surface area contributed by atoms with E-state index in [1.54, 1.807) is 0 Å². The van der Waals surface area contributed by atoms with Crippen LogP contribution in [-0.4, -0.2) is 16.9 Å². The summed E-state index contributed by atoms with van der Waals surface area (Å²) in [5.74, 6) is 0.994. The zero-order chi connectivity index (χ0) is 13.9. The van der Waals surface area contributed by atoms with E-state index in [4.69, 9.17) is 0 Å². The SMILES string of the molecule is CC1CC(NC(=O)CCCc2c[nH]c3ccccc23)C1. The number of aryl methyl sites for hydroxylation is 1. The Morgan fingerprint density at radius 3 is 2.95 bits per heavy atom. The van der Waals surface area contributed by atoms with Crippen molar-refractivity contribution in [2.45, 2.75) is 45.1 Å². The predicted molar refractivity (Wildman–Crippen MR) is 81.6 cm³/mol. The third-order valence-electron chi connectivity index (χ3n) is 4.26. The number of hydrogen-bond donors (Lipinski definition) is 2. The van der Waals surface area contributed by atoms with Gasteiger partial charge in [-0.1, -0.05) is 25.1 Å². The van der Waals surface area contributed by atoms with Crippen LogP contribution in [0, 0.1) is 5.92 Å². The molecule has 1 aliphatic rings. The van der Waals surface area contributed by atoms with Gasteiger partial charge in [0.25, 0.3) is 0 Å². The van der Waals surface area contributed by atoms with E-state index in [2.05, 4.69) is 41.6 Å². The summed E-state index contributed by atoms with van der Waals surface area (Å²) in [6.45, 7) is 2.24. The first-order valence-corrected chi connectivity index (χ1v) is 7.56. The van der Waals surface area contributed by atoms with Crippen LogP contribution in [-0.2, 0) is 11.2 Å². The molecule has 0 spiro atoms. The summed E-state index contributed by atoms with van der Waals surface area (Å²) in [6, 6.07) is 8.76. The first kappa shape index (κ1) is 13.2. The van der Waals surface area contributed by atoms with Crippen LogP contribution in [0.1, 0.15) is 38.2 Å². The molecule has 1 saturated carbocycles. The monoisotopic (exact) mass is 270 g/mol. The summed E-state index contributed by atoms with van der Waals surface area (Å²) in [4.78, 5) is 15.1. The minimum Gasteiger partial charge on any atom is -0.361 e. The molecule has 1 heterocycles. The molecule has 3 rings (SSSR count). The fourth-order valence-corrected chi connectivity index (χ4v) is 3.10. The maximum Gasteiger partial charge on any atom is 0.220 e. The van der Waals surface area contributed by atoms with Crippen molar-refractivity contribution in [3.63, 3.8) is 0 Å². The number of benzene rings is 1. The summed E-state index contributed by atoms with van der Waals surface area (Å²) in [5, 5.41) is 4.40. The number of hydrogen-bond acceptors (Lipinski definition) is 1. The summed E-state index contributed by atoms with van der Waals surface area (Å²) >= 11 is 0. The molecule has 0 aliphatic heterocycles. The van der Waals surface area contributed by atoms with Gasteiger partial charge in [0.1, 0.15) is 0 Å². The Morgan fingerprint density at radius 2 is 2.15 bits per heavy atom. The highest BCUT2D eigenvalue weighted by Gasteiger charge is 2.26. The molecule has 20 heavy (non-hydrogen) atoms. The first-order chi connectivity index (χ1) is 9.72. The van der Waals surface area contributed by atoms with Crippen molar-refractivity contribution in [2.75, 3.05) is 0 Å². The molecule has 1 aromatic heterocycles. The van der Waals surface area contributed by atoms with Crippen LogP contribution in [0.3, 0.4) is 0 Å². The van der Waals surface area contributed by atoms with Crippen molar-refractivity contribution in [3.05, 3.63) is 36.0 Å². The number of para-hydroxylation sites is 1. The van der Waals surface area contributed by atoms with Gasteiger partial charge in [0.15, 0.2) is 0 Å². The van der Waals surface area contributed by atoms with Crippen LogP contribution in [0.25, 0.3) is 10.9 Å². The smallest absolute Gasteiger partial charge is 0.220 e. The molecule has 1 aromatic carbocycles. The second-order valence-corrected chi connectivity index (χ2v) is 6.05. The maximum atomic E-state index is 11.8. The third-order valence-corrected chi connectivity index (χ3v) is 4.26. The number of carbonyl (C=O) groups excluding carboxylic acids is 1. The van der Waals surface area contributed by atoms with Gasteiger partial charge < -0.3 is 10.3 Å². The molecule has 2 N–H and O–H groups in total. The van der Waals surface area contributed by atoms with Gasteiger partial charge in [-0.05, 0) is 43.2 Å². The first-order valence-electron chi connectivity index (χ1n) is 7.56. The van der Waals surface area contributed by atoms with E-state index in [-0.39, 0.29) is 5.91 Å². The quantitative estimate of drug-likeness (QED) is 0.859. The number of aromatic amines is 1. The lowest BCUT2D eigenvalue weighted by Gasteiger charge is -2.33. The fourth-order valence-electron chi connectivity index (χ4n) is 3.10. The van der Waals surface area contributed by atoms with Crippen LogP contribution in [0.4, 0.5) is 0 Å². The molecule has 0 saturated heterocycles. The van der Waals surface area contributed by atoms with E-state index >= 15 is 0 Å². The van der Waals surface area contributed by atoms with Crippen molar-refractivity contribution in [1.82, 2.24) is 10.3 Å². The molecule has 106 valence electrons. The summed E-state index contributed by atoms with van der Waals surface area (Å²) in [5.41, 5.74) is 2.49. The molecule has 3 nitrogen and oxygen atoms in total. The number of rotatable bonds is 5. The van der Waals surface area contributed by atoms with E-state index in [0.29, 0.717) is 12.5 Å². The minimum atomic E-state index is 0.210. The second-order valence-electron chi connectivity index (χ2n) is 6.05. The van der Waals surface area contributed by atoms with Gasteiger partial charge in [-0.3, -0.25) is 4.79 Å². The molecule has 2 aromatic rings. The third kappa shape index (κ3) is 2.87. The van der Waals surface area contributed by atoms with Crippen LogP contribution in [0.15, 0.2) is 30.5 Å². The van der Waals surface area contributed by atoms with E-state index < -0.39 is 0 Å². The molecule has 0 radical (unpaired) electrons. The average Bonchev–Trinajstić information content (AvgIpc) is 2.81. The lowest BCUT2D eigenvalue weighted by atomic mass is 9.82. The zero-order valence-corrected chi connectivity index (χ0v) is 12.0. The van der Waals surface area contributed by atoms with Gasteiger partial charge in [-0.15, -0.1) is 0 Å². The van der Waals surface area contributed by atoms with Crippen LogP contribution in [0.2, 0.25) is 0 Å². The number of fused-ring (bicyclic) bond motifs is 1. The molecular formula is C17H22N2O.